The van der Waals surface area contributed by atoms with E-state index in [1.54, 1.807) is 17.1 Å². The highest BCUT2D eigenvalue weighted by molar-refractivity contribution is 5.98. The second-order valence-electron chi connectivity index (χ2n) is 7.15. The molecule has 0 saturated carbocycles. The molecule has 0 atom stereocenters. The minimum absolute atomic E-state index is 0.533. The molecule has 4 aromatic heterocycles. The van der Waals surface area contributed by atoms with Gasteiger partial charge in [-0.3, -0.25) is 4.68 Å². The van der Waals surface area contributed by atoms with Crippen molar-refractivity contribution in [1.29, 1.82) is 5.26 Å². The number of pyridine rings is 2. The highest BCUT2D eigenvalue weighted by Crippen LogP contribution is 2.34. The molecule has 8 heteroatoms. The van der Waals surface area contributed by atoms with Gasteiger partial charge in [-0.15, -0.1) is 0 Å². The van der Waals surface area contributed by atoms with Crippen LogP contribution in [0.25, 0.3) is 33.4 Å². The van der Waals surface area contributed by atoms with E-state index in [0.717, 1.165) is 65.4 Å². The summed E-state index contributed by atoms with van der Waals surface area (Å²) in [5.74, 6) is 0.962. The molecule has 1 saturated heterocycles. The summed E-state index contributed by atoms with van der Waals surface area (Å²) in [6.07, 6.45) is 7.22. The first-order chi connectivity index (χ1) is 14.2. The Balaban J connectivity index is 1.59. The van der Waals surface area contributed by atoms with Crippen LogP contribution in [0, 0.1) is 11.3 Å². The van der Waals surface area contributed by atoms with E-state index in [9.17, 15) is 5.26 Å². The molecular formula is C21H20N8. The number of fused-ring (bicyclic) bond motifs is 1. The molecule has 0 bridgehead atoms. The maximum Gasteiger partial charge on any atom is 0.138 e. The van der Waals surface area contributed by atoms with Crippen molar-refractivity contribution in [3.63, 3.8) is 0 Å². The molecule has 0 aliphatic carbocycles. The van der Waals surface area contributed by atoms with Crippen molar-refractivity contribution in [3.05, 3.63) is 48.5 Å². The number of rotatable bonds is 3. The first kappa shape index (κ1) is 17.4. The fourth-order valence-electron chi connectivity index (χ4n) is 3.80. The lowest BCUT2D eigenvalue weighted by molar-refractivity contribution is 0.585. The Labute approximate surface area is 167 Å². The number of aromatic nitrogens is 5. The number of H-pyrrole nitrogens is 1. The molecule has 0 aromatic carbocycles. The van der Waals surface area contributed by atoms with E-state index < -0.39 is 0 Å². The van der Waals surface area contributed by atoms with E-state index in [-0.39, 0.29) is 0 Å². The van der Waals surface area contributed by atoms with Gasteiger partial charge in [0.15, 0.2) is 0 Å². The van der Waals surface area contributed by atoms with Crippen LogP contribution in [0.2, 0.25) is 0 Å². The zero-order valence-corrected chi connectivity index (χ0v) is 16.1. The van der Waals surface area contributed by atoms with Gasteiger partial charge in [-0.25, -0.2) is 9.97 Å². The van der Waals surface area contributed by atoms with E-state index in [4.69, 9.17) is 0 Å². The van der Waals surface area contributed by atoms with Gasteiger partial charge in [0.05, 0.1) is 17.5 Å². The van der Waals surface area contributed by atoms with Crippen LogP contribution in [0.3, 0.4) is 0 Å². The summed E-state index contributed by atoms with van der Waals surface area (Å²) in [7, 11) is 1.88. The zero-order chi connectivity index (χ0) is 19.8. The van der Waals surface area contributed by atoms with Gasteiger partial charge in [-0.2, -0.15) is 10.4 Å². The van der Waals surface area contributed by atoms with Crippen molar-refractivity contribution in [2.24, 2.45) is 7.05 Å². The van der Waals surface area contributed by atoms with Gasteiger partial charge in [0, 0.05) is 73.9 Å². The van der Waals surface area contributed by atoms with Crippen LogP contribution in [0.1, 0.15) is 5.56 Å². The Morgan fingerprint density at radius 2 is 1.93 bits per heavy atom. The quantitative estimate of drug-likeness (QED) is 0.562. The molecule has 144 valence electrons. The first-order valence-electron chi connectivity index (χ1n) is 9.56. The molecule has 8 nitrogen and oxygen atoms in total. The predicted molar refractivity (Wildman–Crippen MR) is 111 cm³/mol. The smallest absolute Gasteiger partial charge is 0.138 e. The number of nitriles is 1. The summed E-state index contributed by atoms with van der Waals surface area (Å²) in [4.78, 5) is 14.7. The molecule has 0 unspecified atom stereocenters. The van der Waals surface area contributed by atoms with Gasteiger partial charge in [0.2, 0.25) is 0 Å². The third kappa shape index (κ3) is 3.11. The third-order valence-electron chi connectivity index (χ3n) is 5.27. The number of aryl methyl sites for hydroxylation is 1. The van der Waals surface area contributed by atoms with E-state index in [1.807, 2.05) is 37.6 Å². The second kappa shape index (κ2) is 7.04. The van der Waals surface area contributed by atoms with Gasteiger partial charge < -0.3 is 15.2 Å². The monoisotopic (exact) mass is 384 g/mol. The molecule has 2 N–H and O–H groups in total. The third-order valence-corrected chi connectivity index (χ3v) is 5.27. The molecule has 1 aliphatic heterocycles. The largest absolute Gasteiger partial charge is 0.354 e. The van der Waals surface area contributed by atoms with Gasteiger partial charge in [-0.05, 0) is 18.2 Å². The summed E-state index contributed by atoms with van der Waals surface area (Å²) >= 11 is 0. The minimum Gasteiger partial charge on any atom is -0.354 e. The molecule has 1 aliphatic rings. The SMILES string of the molecule is Cn1cc(-c2cc3c(-c4ccc(N5CCNCC5)nc4)c(C#N)cnc3[nH]2)cn1. The van der Waals surface area contributed by atoms with Crippen molar-refractivity contribution in [2.45, 2.75) is 0 Å². The van der Waals surface area contributed by atoms with E-state index in [1.165, 1.54) is 0 Å². The number of aromatic amines is 1. The topological polar surface area (TPSA) is 98.5 Å². The van der Waals surface area contributed by atoms with Crippen molar-refractivity contribution in [3.8, 4) is 28.5 Å². The average molecular weight is 384 g/mol. The maximum atomic E-state index is 9.68. The number of piperazine rings is 1. The summed E-state index contributed by atoms with van der Waals surface area (Å²) < 4.78 is 1.76. The minimum atomic E-state index is 0.533. The second-order valence-corrected chi connectivity index (χ2v) is 7.15. The predicted octanol–water partition coefficient (Wildman–Crippen LogP) is 2.31. The summed E-state index contributed by atoms with van der Waals surface area (Å²) in [5.41, 5.74) is 4.92. The van der Waals surface area contributed by atoms with Crippen LogP contribution in [0.5, 0.6) is 0 Å². The van der Waals surface area contributed by atoms with Crippen LogP contribution >= 0.6 is 0 Å². The fraction of sp³-hybridized carbons (Fsp3) is 0.238. The molecule has 0 radical (unpaired) electrons. The Morgan fingerprint density at radius 3 is 2.62 bits per heavy atom. The highest BCUT2D eigenvalue weighted by atomic mass is 15.2. The highest BCUT2D eigenvalue weighted by Gasteiger charge is 2.17. The van der Waals surface area contributed by atoms with Crippen molar-refractivity contribution in [2.75, 3.05) is 31.1 Å². The van der Waals surface area contributed by atoms with E-state index in [0.29, 0.717) is 5.56 Å². The summed E-state index contributed by atoms with van der Waals surface area (Å²) in [6.45, 7) is 3.82. The first-order valence-corrected chi connectivity index (χ1v) is 9.56. The number of nitrogens with one attached hydrogen (secondary N) is 2. The van der Waals surface area contributed by atoms with Crippen molar-refractivity contribution in [1.82, 2.24) is 30.0 Å². The number of hydrogen-bond donors (Lipinski definition) is 2. The number of nitrogens with zero attached hydrogens (tertiary/aromatic N) is 6. The van der Waals surface area contributed by atoms with Crippen LogP contribution in [-0.4, -0.2) is 50.9 Å². The van der Waals surface area contributed by atoms with Crippen LogP contribution < -0.4 is 10.2 Å². The zero-order valence-electron chi connectivity index (χ0n) is 16.1. The number of anilines is 1. The molecule has 1 fully saturated rings. The molecule has 0 amide bonds. The molecule has 0 spiro atoms. The van der Waals surface area contributed by atoms with Gasteiger partial charge in [0.25, 0.3) is 0 Å². The summed E-state index contributed by atoms with van der Waals surface area (Å²) in [5, 5.41) is 18.2. The summed E-state index contributed by atoms with van der Waals surface area (Å²) in [6, 6.07) is 8.37. The Bertz CT molecular complexity index is 1210. The molecule has 4 aromatic rings. The normalized spacial score (nSPS) is 14.3. The maximum absolute atomic E-state index is 9.68. The van der Waals surface area contributed by atoms with Gasteiger partial charge in [-0.1, -0.05) is 0 Å². The lowest BCUT2D eigenvalue weighted by Gasteiger charge is -2.28. The molecule has 5 rings (SSSR count). The lowest BCUT2D eigenvalue weighted by atomic mass is 10.00. The van der Waals surface area contributed by atoms with Crippen LogP contribution in [-0.2, 0) is 7.05 Å². The van der Waals surface area contributed by atoms with E-state index in [2.05, 4.69) is 36.3 Å². The van der Waals surface area contributed by atoms with Crippen molar-refractivity contribution >= 4 is 16.9 Å². The van der Waals surface area contributed by atoms with Crippen LogP contribution in [0.4, 0.5) is 5.82 Å². The Kier molecular flexibility index (Phi) is 4.22. The lowest BCUT2D eigenvalue weighted by Crippen LogP contribution is -2.43. The number of hydrogen-bond acceptors (Lipinski definition) is 6. The Morgan fingerprint density at radius 1 is 1.07 bits per heavy atom. The van der Waals surface area contributed by atoms with Crippen molar-refractivity contribution < 1.29 is 0 Å². The Hall–Kier alpha value is -3.70. The van der Waals surface area contributed by atoms with Gasteiger partial charge in [0.1, 0.15) is 17.5 Å². The molecule has 5 heterocycles. The van der Waals surface area contributed by atoms with E-state index >= 15 is 0 Å². The fourth-order valence-corrected chi connectivity index (χ4v) is 3.80. The average Bonchev–Trinajstić information content (AvgIpc) is 3.40. The standard InChI is InChI=1S/C21H20N8/c1-28-13-16(12-26-28)18-8-17-20(15(9-22)11-25-21(17)27-18)14-2-3-19(24-10-14)29-6-4-23-5-7-29/h2-3,8,10-13,23H,4-7H2,1H3,(H,25,27). The van der Waals surface area contributed by atoms with Crippen LogP contribution in [0.15, 0.2) is 43.0 Å². The van der Waals surface area contributed by atoms with Gasteiger partial charge >= 0.3 is 0 Å². The molecular weight excluding hydrogens is 364 g/mol. The molecule has 29 heavy (non-hydrogen) atoms.